The van der Waals surface area contributed by atoms with E-state index >= 15 is 0 Å². The molecule has 0 spiro atoms. The molecule has 1 aromatic carbocycles. The van der Waals surface area contributed by atoms with Gasteiger partial charge >= 0.3 is 0 Å². The zero-order valence-corrected chi connectivity index (χ0v) is 7.73. The summed E-state index contributed by atoms with van der Waals surface area (Å²) in [5.41, 5.74) is 1.24. The molecule has 0 amide bonds. The Labute approximate surface area is 78.3 Å². The summed E-state index contributed by atoms with van der Waals surface area (Å²) in [5.74, 6) is 0.883. The van der Waals surface area contributed by atoms with E-state index in [1.807, 2.05) is 18.2 Å². The molecule has 1 aromatic rings. The Hall–Kier alpha value is -1.31. The predicted octanol–water partition coefficient (Wildman–Crippen LogP) is 2.57. The van der Waals surface area contributed by atoms with Crippen molar-refractivity contribution in [1.82, 2.24) is 0 Å². The van der Waals surface area contributed by atoms with Gasteiger partial charge in [-0.1, -0.05) is 37.3 Å². The SMILES string of the molecule is CCC1=N[C@@H](c2ccccc2)CO1. The molecule has 2 heteroatoms. The minimum absolute atomic E-state index is 0.219. The van der Waals surface area contributed by atoms with Gasteiger partial charge in [-0.3, -0.25) is 0 Å². The first-order chi connectivity index (χ1) is 6.40. The van der Waals surface area contributed by atoms with Crippen molar-refractivity contribution in [3.8, 4) is 0 Å². The molecular weight excluding hydrogens is 162 g/mol. The van der Waals surface area contributed by atoms with Crippen LogP contribution in [0.15, 0.2) is 35.3 Å². The van der Waals surface area contributed by atoms with Crippen LogP contribution in [0.1, 0.15) is 24.9 Å². The molecule has 0 unspecified atom stereocenters. The molecule has 1 aliphatic heterocycles. The molecule has 1 atom stereocenters. The van der Waals surface area contributed by atoms with E-state index in [1.165, 1.54) is 5.56 Å². The van der Waals surface area contributed by atoms with Gasteiger partial charge in [0.15, 0.2) is 5.90 Å². The van der Waals surface area contributed by atoms with Gasteiger partial charge in [0.05, 0.1) is 0 Å². The lowest BCUT2D eigenvalue weighted by Crippen LogP contribution is -1.97. The third-order valence-electron chi connectivity index (χ3n) is 2.19. The molecule has 1 heterocycles. The van der Waals surface area contributed by atoms with E-state index in [0.717, 1.165) is 12.3 Å². The van der Waals surface area contributed by atoms with E-state index in [4.69, 9.17) is 4.74 Å². The second-order valence-corrected chi connectivity index (χ2v) is 3.11. The van der Waals surface area contributed by atoms with Crippen molar-refractivity contribution in [2.45, 2.75) is 19.4 Å². The van der Waals surface area contributed by atoms with Gasteiger partial charge in [-0.15, -0.1) is 0 Å². The van der Waals surface area contributed by atoms with Gasteiger partial charge in [0.2, 0.25) is 0 Å². The average molecular weight is 175 g/mol. The maximum absolute atomic E-state index is 5.42. The third kappa shape index (κ3) is 1.72. The second-order valence-electron chi connectivity index (χ2n) is 3.11. The van der Waals surface area contributed by atoms with Crippen LogP contribution in [0.4, 0.5) is 0 Å². The van der Waals surface area contributed by atoms with Gasteiger partial charge in [-0.2, -0.15) is 0 Å². The fourth-order valence-corrected chi connectivity index (χ4v) is 1.46. The smallest absolute Gasteiger partial charge is 0.183 e. The maximum atomic E-state index is 5.42. The number of rotatable bonds is 2. The molecule has 0 N–H and O–H groups in total. The zero-order chi connectivity index (χ0) is 9.10. The van der Waals surface area contributed by atoms with Crippen molar-refractivity contribution in [2.24, 2.45) is 4.99 Å². The lowest BCUT2D eigenvalue weighted by atomic mass is 10.1. The number of hydrogen-bond acceptors (Lipinski definition) is 2. The fraction of sp³-hybridized carbons (Fsp3) is 0.364. The topological polar surface area (TPSA) is 21.6 Å². The fourth-order valence-electron chi connectivity index (χ4n) is 1.46. The molecule has 0 saturated heterocycles. The van der Waals surface area contributed by atoms with E-state index in [-0.39, 0.29) is 6.04 Å². The monoisotopic (exact) mass is 175 g/mol. The number of hydrogen-bond donors (Lipinski definition) is 0. The summed E-state index contributed by atoms with van der Waals surface area (Å²) >= 11 is 0. The average Bonchev–Trinajstić information content (AvgIpc) is 2.67. The third-order valence-corrected chi connectivity index (χ3v) is 2.19. The highest BCUT2D eigenvalue weighted by molar-refractivity contribution is 5.77. The Balaban J connectivity index is 2.16. The summed E-state index contributed by atoms with van der Waals surface area (Å²) in [5, 5.41) is 0. The highest BCUT2D eigenvalue weighted by Gasteiger charge is 2.18. The summed E-state index contributed by atoms with van der Waals surface area (Å²) < 4.78 is 5.42. The number of benzene rings is 1. The van der Waals surface area contributed by atoms with E-state index < -0.39 is 0 Å². The number of aliphatic imine (C=N–C) groups is 1. The van der Waals surface area contributed by atoms with Crippen LogP contribution in [0, 0.1) is 0 Å². The standard InChI is InChI=1S/C11H13NO/c1-2-11-12-10(8-13-11)9-6-4-3-5-7-9/h3-7,10H,2,8H2,1H3/t10-/m1/s1. The van der Waals surface area contributed by atoms with Gasteiger partial charge in [0.25, 0.3) is 0 Å². The van der Waals surface area contributed by atoms with Crippen LogP contribution in [0.25, 0.3) is 0 Å². The van der Waals surface area contributed by atoms with Crippen molar-refractivity contribution < 1.29 is 4.74 Å². The summed E-state index contributed by atoms with van der Waals surface area (Å²) in [6, 6.07) is 10.5. The Kier molecular flexibility index (Phi) is 2.30. The first kappa shape index (κ1) is 8.30. The Morgan fingerprint density at radius 2 is 2.15 bits per heavy atom. The van der Waals surface area contributed by atoms with Crippen LogP contribution in [-0.4, -0.2) is 12.5 Å². The van der Waals surface area contributed by atoms with Crippen LogP contribution in [0.2, 0.25) is 0 Å². The molecule has 68 valence electrons. The van der Waals surface area contributed by atoms with Gasteiger partial charge < -0.3 is 4.74 Å². The minimum Gasteiger partial charge on any atom is -0.478 e. The number of ether oxygens (including phenoxy) is 1. The maximum Gasteiger partial charge on any atom is 0.183 e. The van der Waals surface area contributed by atoms with Gasteiger partial charge in [0.1, 0.15) is 12.6 Å². The van der Waals surface area contributed by atoms with Crippen LogP contribution < -0.4 is 0 Å². The van der Waals surface area contributed by atoms with Crippen molar-refractivity contribution in [3.05, 3.63) is 35.9 Å². The quantitative estimate of drug-likeness (QED) is 0.677. The molecule has 0 radical (unpaired) electrons. The molecule has 2 rings (SSSR count). The predicted molar refractivity (Wildman–Crippen MR) is 52.9 cm³/mol. The van der Waals surface area contributed by atoms with Gasteiger partial charge in [0, 0.05) is 6.42 Å². The van der Waals surface area contributed by atoms with E-state index in [1.54, 1.807) is 0 Å². The Bertz CT molecular complexity index is 305. The normalized spacial score (nSPS) is 21.0. The van der Waals surface area contributed by atoms with Crippen LogP contribution >= 0.6 is 0 Å². The molecule has 0 aromatic heterocycles. The van der Waals surface area contributed by atoms with Crippen molar-refractivity contribution in [2.75, 3.05) is 6.61 Å². The molecule has 2 nitrogen and oxygen atoms in total. The molecule has 0 bridgehead atoms. The van der Waals surface area contributed by atoms with E-state index in [9.17, 15) is 0 Å². The summed E-state index contributed by atoms with van der Waals surface area (Å²) in [6.07, 6.45) is 0.892. The van der Waals surface area contributed by atoms with Gasteiger partial charge in [-0.05, 0) is 5.56 Å². The lowest BCUT2D eigenvalue weighted by molar-refractivity contribution is 0.313. The molecule has 13 heavy (non-hydrogen) atoms. The molecular formula is C11H13NO. The molecule has 0 saturated carbocycles. The first-order valence-electron chi connectivity index (χ1n) is 4.64. The first-order valence-corrected chi connectivity index (χ1v) is 4.64. The Morgan fingerprint density at radius 3 is 2.77 bits per heavy atom. The van der Waals surface area contributed by atoms with Crippen molar-refractivity contribution >= 4 is 5.90 Å². The largest absolute Gasteiger partial charge is 0.478 e. The summed E-state index contributed by atoms with van der Waals surface area (Å²) in [4.78, 5) is 4.47. The summed E-state index contributed by atoms with van der Waals surface area (Å²) in [7, 11) is 0. The van der Waals surface area contributed by atoms with Crippen LogP contribution in [0.5, 0.6) is 0 Å². The van der Waals surface area contributed by atoms with E-state index in [2.05, 4.69) is 24.0 Å². The van der Waals surface area contributed by atoms with Crippen LogP contribution in [-0.2, 0) is 4.74 Å². The van der Waals surface area contributed by atoms with Gasteiger partial charge in [-0.25, -0.2) is 4.99 Å². The Morgan fingerprint density at radius 1 is 1.38 bits per heavy atom. The minimum atomic E-state index is 0.219. The highest BCUT2D eigenvalue weighted by Crippen LogP contribution is 2.22. The second kappa shape index (κ2) is 3.60. The molecule has 1 aliphatic rings. The lowest BCUT2D eigenvalue weighted by Gasteiger charge is -2.03. The van der Waals surface area contributed by atoms with Crippen LogP contribution in [0.3, 0.4) is 0 Å². The zero-order valence-electron chi connectivity index (χ0n) is 7.73. The van der Waals surface area contributed by atoms with Crippen molar-refractivity contribution in [1.29, 1.82) is 0 Å². The molecule has 0 aliphatic carbocycles. The summed E-state index contributed by atoms with van der Waals surface area (Å²) in [6.45, 7) is 2.76. The van der Waals surface area contributed by atoms with E-state index in [0.29, 0.717) is 6.61 Å². The number of nitrogens with zero attached hydrogens (tertiary/aromatic N) is 1. The van der Waals surface area contributed by atoms with Crippen molar-refractivity contribution in [3.63, 3.8) is 0 Å². The highest BCUT2D eigenvalue weighted by atomic mass is 16.5. The molecule has 0 fully saturated rings.